The van der Waals surface area contributed by atoms with Crippen molar-refractivity contribution in [2.24, 2.45) is 10.8 Å². The molecule has 5 amide bonds. The summed E-state index contributed by atoms with van der Waals surface area (Å²) >= 11 is 0. The Hall–Kier alpha value is -5.82. The average Bonchev–Trinajstić information content (AvgIpc) is 3.54. The summed E-state index contributed by atoms with van der Waals surface area (Å²) in [5.74, 6) is -0.822. The van der Waals surface area contributed by atoms with Gasteiger partial charge in [0.05, 0.1) is 37.2 Å². The van der Waals surface area contributed by atoms with Crippen LogP contribution in [-0.4, -0.2) is 99.3 Å². The van der Waals surface area contributed by atoms with Gasteiger partial charge in [-0.1, -0.05) is 108 Å². The first kappa shape index (κ1) is 45.3. The molecule has 4 aromatic rings. The predicted molar refractivity (Wildman–Crippen MR) is 232 cm³/mol. The number of ether oxygens (including phenoxy) is 1. The summed E-state index contributed by atoms with van der Waals surface area (Å²) in [5, 5.41) is 21.1. The first-order valence-corrected chi connectivity index (χ1v) is 20.6. The van der Waals surface area contributed by atoms with Gasteiger partial charge in [-0.05, 0) is 72.4 Å². The van der Waals surface area contributed by atoms with Crippen LogP contribution >= 0.6 is 0 Å². The molecule has 1 aliphatic rings. The van der Waals surface area contributed by atoms with Crippen LogP contribution in [0.4, 0.5) is 9.59 Å². The number of methoxy groups -OCH3 is 1. The number of aliphatic hydroxyl groups excluding tert-OH is 1. The Balaban J connectivity index is 1.43. The molecule has 0 radical (unpaired) electrons. The van der Waals surface area contributed by atoms with E-state index >= 15 is 0 Å². The molecule has 0 unspecified atom stereocenters. The Kier molecular flexibility index (Phi) is 15.1. The molecule has 4 N–H and O–H groups in total. The number of carbonyl (C=O) groups excluding carboxylic acids is 4. The zero-order valence-electron chi connectivity index (χ0n) is 36.1. The molecule has 5 rings (SSSR count). The molecule has 1 aliphatic heterocycles. The van der Waals surface area contributed by atoms with Gasteiger partial charge in [0.2, 0.25) is 11.8 Å². The molecule has 2 aromatic carbocycles. The number of aromatic nitrogens is 2. The van der Waals surface area contributed by atoms with Gasteiger partial charge in [-0.3, -0.25) is 19.6 Å². The van der Waals surface area contributed by atoms with Gasteiger partial charge >= 0.3 is 12.1 Å². The highest BCUT2D eigenvalue weighted by molar-refractivity contribution is 5.89. The second-order valence-corrected chi connectivity index (χ2v) is 17.8. The van der Waals surface area contributed by atoms with Gasteiger partial charge in [-0.2, -0.15) is 0 Å². The topological polar surface area (TPSA) is 166 Å². The van der Waals surface area contributed by atoms with Crippen LogP contribution in [-0.2, 0) is 33.7 Å². The van der Waals surface area contributed by atoms with E-state index in [4.69, 9.17) is 4.74 Å². The van der Waals surface area contributed by atoms with E-state index in [0.29, 0.717) is 26.1 Å². The second-order valence-electron chi connectivity index (χ2n) is 17.8. The lowest BCUT2D eigenvalue weighted by atomic mass is 9.84. The Morgan fingerprint density at radius 1 is 0.783 bits per heavy atom. The zero-order chi connectivity index (χ0) is 43.6. The van der Waals surface area contributed by atoms with Gasteiger partial charge in [-0.15, -0.1) is 0 Å². The van der Waals surface area contributed by atoms with E-state index in [1.54, 1.807) is 16.0 Å². The summed E-state index contributed by atoms with van der Waals surface area (Å²) in [7, 11) is 1.23. The van der Waals surface area contributed by atoms with Crippen molar-refractivity contribution in [1.29, 1.82) is 0 Å². The molecule has 1 fully saturated rings. The number of alkyl carbamates (subject to hydrolysis) is 1. The number of hydrogen-bond acceptors (Lipinski definition) is 8. The van der Waals surface area contributed by atoms with E-state index in [1.807, 2.05) is 139 Å². The van der Waals surface area contributed by atoms with Crippen LogP contribution < -0.4 is 16.0 Å². The lowest BCUT2D eigenvalue weighted by Crippen LogP contribution is -2.59. The molecule has 0 saturated carbocycles. The molecule has 1 saturated heterocycles. The maximum absolute atomic E-state index is 14.7. The molecule has 0 bridgehead atoms. The number of aryl methyl sites for hydroxylation is 1. The fraction of sp³-hybridized carbons (Fsp3) is 0.447. The minimum atomic E-state index is -1.15. The summed E-state index contributed by atoms with van der Waals surface area (Å²) in [4.78, 5) is 67.4. The highest BCUT2D eigenvalue weighted by Crippen LogP contribution is 2.29. The maximum Gasteiger partial charge on any atom is 0.407 e. The predicted octanol–water partition coefficient (Wildman–Crippen LogP) is 6.08. The molecule has 3 heterocycles. The van der Waals surface area contributed by atoms with Crippen molar-refractivity contribution >= 4 is 23.9 Å². The number of carbonyl (C=O) groups is 4. The first-order valence-electron chi connectivity index (χ1n) is 20.6. The Bertz CT molecular complexity index is 2050. The van der Waals surface area contributed by atoms with Gasteiger partial charge in [-0.25, -0.2) is 9.59 Å². The Morgan fingerprint density at radius 2 is 1.47 bits per heavy atom. The summed E-state index contributed by atoms with van der Waals surface area (Å²) in [6.45, 7) is 14.4. The molecule has 2 aromatic heterocycles. The quantitative estimate of drug-likeness (QED) is 0.106. The van der Waals surface area contributed by atoms with E-state index in [2.05, 4.69) is 25.9 Å². The number of nitrogens with one attached hydrogen (secondary N) is 3. The van der Waals surface area contributed by atoms with Crippen LogP contribution in [0.3, 0.4) is 0 Å². The van der Waals surface area contributed by atoms with E-state index in [-0.39, 0.29) is 24.8 Å². The van der Waals surface area contributed by atoms with Crippen LogP contribution in [0.15, 0.2) is 97.2 Å². The van der Waals surface area contributed by atoms with Crippen LogP contribution in [0.5, 0.6) is 0 Å². The summed E-state index contributed by atoms with van der Waals surface area (Å²) in [6, 6.07) is 25.4. The highest BCUT2D eigenvalue weighted by Gasteiger charge is 2.44. The summed E-state index contributed by atoms with van der Waals surface area (Å²) in [5.41, 5.74) is 3.85. The third kappa shape index (κ3) is 12.4. The average molecular weight is 820 g/mol. The summed E-state index contributed by atoms with van der Waals surface area (Å²) < 4.78 is 4.82. The number of nitrogens with zero attached hydrogens (tertiary/aromatic N) is 4. The van der Waals surface area contributed by atoms with Crippen molar-refractivity contribution in [2.75, 3.05) is 20.2 Å². The molecular weight excluding hydrogens is 759 g/mol. The molecular formula is C47H61N7O6. The molecule has 13 heteroatoms. The van der Waals surface area contributed by atoms with E-state index in [9.17, 15) is 24.3 Å². The minimum absolute atomic E-state index is 0.0616. The number of rotatable bonds is 16. The lowest BCUT2D eigenvalue weighted by molar-refractivity contribution is -0.130. The maximum atomic E-state index is 14.7. The Labute approximate surface area is 354 Å². The van der Waals surface area contributed by atoms with Gasteiger partial charge in [0.25, 0.3) is 0 Å². The van der Waals surface area contributed by atoms with Crippen LogP contribution in [0.2, 0.25) is 0 Å². The number of pyridine rings is 2. The third-order valence-electron chi connectivity index (χ3n) is 10.7. The van der Waals surface area contributed by atoms with Crippen molar-refractivity contribution < 1.29 is 29.0 Å². The number of aliphatic hydroxyl groups is 1. The normalized spacial score (nSPS) is 15.7. The lowest BCUT2D eigenvalue weighted by Gasteiger charge is -2.38. The monoisotopic (exact) mass is 819 g/mol. The van der Waals surface area contributed by atoms with E-state index < -0.39 is 53.1 Å². The number of benzene rings is 2. The molecule has 320 valence electrons. The SMILES string of the molecule is COC(=O)N[C@H](C(=O)N[C@@H](Cc1ccccc1)[C@@H](O)C[C@@H](Cc1ccc(-c2ccccn2)cc1)NC(=O)[C@@H](N1CCN(Cc2cccc(C)n2)C1=O)C(C)(C)C)C(C)(C)C. The van der Waals surface area contributed by atoms with E-state index in [1.165, 1.54) is 7.11 Å². The number of amides is 5. The van der Waals surface area contributed by atoms with Crippen molar-refractivity contribution in [2.45, 2.75) is 105 Å². The molecule has 5 atom stereocenters. The second kappa shape index (κ2) is 20.0. The standard InChI is InChI=1S/C47H61N7O6/c1-31-15-14-18-35(49-31)30-53-25-26-54(45(53)59)41(47(5,6)7)43(57)50-36(27-33-20-22-34(23-21-33)37-19-12-13-24-48-37)29-39(55)38(28-32-16-10-9-11-17-32)51-42(56)40(46(2,3)4)52-44(58)60-8/h9-24,36,38-41,55H,25-30H2,1-8H3,(H,50,57)(H,51,56)(H,52,58)/t36-,38+,39+,40-,41-/m1/s1. The van der Waals surface area contributed by atoms with Gasteiger partial charge in [0, 0.05) is 36.6 Å². The van der Waals surface area contributed by atoms with E-state index in [0.717, 1.165) is 33.8 Å². The van der Waals surface area contributed by atoms with Crippen molar-refractivity contribution in [3.63, 3.8) is 0 Å². The largest absolute Gasteiger partial charge is 0.453 e. The van der Waals surface area contributed by atoms with Crippen LogP contribution in [0, 0.1) is 17.8 Å². The third-order valence-corrected chi connectivity index (χ3v) is 10.7. The van der Waals surface area contributed by atoms with Gasteiger partial charge in [0.15, 0.2) is 0 Å². The van der Waals surface area contributed by atoms with Crippen LogP contribution in [0.25, 0.3) is 11.3 Å². The molecule has 13 nitrogen and oxygen atoms in total. The molecule has 0 spiro atoms. The van der Waals surface area contributed by atoms with Crippen molar-refractivity contribution in [3.8, 4) is 11.3 Å². The fourth-order valence-electron chi connectivity index (χ4n) is 7.70. The highest BCUT2D eigenvalue weighted by atomic mass is 16.5. The van der Waals surface area contributed by atoms with Crippen molar-refractivity contribution in [1.82, 2.24) is 35.7 Å². The van der Waals surface area contributed by atoms with Gasteiger partial charge in [0.1, 0.15) is 12.1 Å². The molecule has 60 heavy (non-hydrogen) atoms. The van der Waals surface area contributed by atoms with Gasteiger partial charge < -0.3 is 35.6 Å². The zero-order valence-corrected chi connectivity index (χ0v) is 36.1. The smallest absolute Gasteiger partial charge is 0.407 e. The number of urea groups is 1. The Morgan fingerprint density at radius 3 is 2.08 bits per heavy atom. The van der Waals surface area contributed by atoms with Crippen LogP contribution in [0.1, 0.15) is 70.5 Å². The minimum Gasteiger partial charge on any atom is -0.453 e. The molecule has 0 aliphatic carbocycles. The fourth-order valence-corrected chi connectivity index (χ4v) is 7.70. The van der Waals surface area contributed by atoms with Crippen molar-refractivity contribution in [3.05, 3.63) is 120 Å². The number of hydrogen-bond donors (Lipinski definition) is 4. The summed E-state index contributed by atoms with van der Waals surface area (Å²) in [6.07, 6.45) is 0.534. The first-order chi connectivity index (χ1) is 28.4.